The monoisotopic (exact) mass is 354 g/mol. The molecule has 0 radical (unpaired) electrons. The van der Waals surface area contributed by atoms with Gasteiger partial charge in [-0.25, -0.2) is 4.79 Å². The Balaban J connectivity index is 1.63. The van der Waals surface area contributed by atoms with Crippen LogP contribution in [0.1, 0.15) is 27.3 Å². The number of hydrogen-bond acceptors (Lipinski definition) is 5. The Morgan fingerprint density at radius 1 is 1.28 bits per heavy atom. The number of hydrogen-bond donors (Lipinski definition) is 1. The van der Waals surface area contributed by atoms with Crippen LogP contribution in [-0.2, 0) is 33.2 Å². The number of carbonyl (C=O) groups is 1. The molecule has 3 rings (SSSR count). The van der Waals surface area contributed by atoms with E-state index in [9.17, 15) is 18.0 Å². The zero-order chi connectivity index (χ0) is 17.9. The normalized spacial score (nSPS) is 13.8. The summed E-state index contributed by atoms with van der Waals surface area (Å²) in [7, 11) is 0. The van der Waals surface area contributed by atoms with Crippen molar-refractivity contribution in [3.05, 3.63) is 65.1 Å². The molecule has 1 aromatic heterocycles. The summed E-state index contributed by atoms with van der Waals surface area (Å²) in [6.07, 6.45) is -2.85. The van der Waals surface area contributed by atoms with Crippen LogP contribution in [0.15, 0.2) is 42.5 Å². The summed E-state index contributed by atoms with van der Waals surface area (Å²) in [4.78, 5) is 11.8. The Kier molecular flexibility index (Phi) is 4.64. The van der Waals surface area contributed by atoms with Gasteiger partial charge >= 0.3 is 18.1 Å². The van der Waals surface area contributed by atoms with Gasteiger partial charge in [0.25, 0.3) is 0 Å². The van der Waals surface area contributed by atoms with E-state index >= 15 is 0 Å². The topological polar surface area (TPSA) is 73.4 Å². The van der Waals surface area contributed by atoms with E-state index in [0.29, 0.717) is 5.69 Å². The van der Waals surface area contributed by atoms with E-state index < -0.39 is 17.7 Å². The van der Waals surface area contributed by atoms with Crippen molar-refractivity contribution in [2.75, 3.05) is 6.79 Å². The van der Waals surface area contributed by atoms with E-state index in [2.05, 4.69) is 10.2 Å². The third kappa shape index (κ3) is 4.11. The highest BCUT2D eigenvalue weighted by Crippen LogP contribution is 2.32. The third-order valence-electron chi connectivity index (χ3n) is 3.47. The second-order valence-corrected chi connectivity index (χ2v) is 5.19. The lowest BCUT2D eigenvalue weighted by Crippen LogP contribution is -2.09. The molecule has 1 N–H and O–H groups in total. The maximum Gasteiger partial charge on any atom is 0.416 e. The number of alkyl halides is 3. The molecule has 0 saturated heterocycles. The van der Waals surface area contributed by atoms with Crippen molar-refractivity contribution in [2.24, 2.45) is 0 Å². The van der Waals surface area contributed by atoms with E-state index in [0.717, 1.165) is 12.3 Å². The number of carbonyl (C=O) groups excluding carboxylic acids is 1. The second kappa shape index (κ2) is 6.88. The van der Waals surface area contributed by atoms with Gasteiger partial charge in [0.05, 0.1) is 5.56 Å². The summed E-state index contributed by atoms with van der Waals surface area (Å²) in [6.45, 7) is -0.0347. The Hall–Kier alpha value is -2.97. The first kappa shape index (κ1) is 16.9. The van der Waals surface area contributed by atoms with Crippen molar-refractivity contribution < 1.29 is 32.2 Å². The summed E-state index contributed by atoms with van der Waals surface area (Å²) < 4.78 is 53.4. The predicted molar refractivity (Wildman–Crippen MR) is 78.0 cm³/mol. The maximum absolute atomic E-state index is 13.0. The second-order valence-electron chi connectivity index (χ2n) is 5.19. The van der Waals surface area contributed by atoms with Gasteiger partial charge in [-0.2, -0.15) is 18.3 Å². The number of esters is 1. The number of benzene rings is 1. The molecular formula is C16H13F3N2O4. The van der Waals surface area contributed by atoms with Crippen molar-refractivity contribution >= 4 is 5.97 Å². The van der Waals surface area contributed by atoms with E-state index in [1.807, 2.05) is 0 Å². The summed E-state index contributed by atoms with van der Waals surface area (Å²) >= 11 is 0. The number of halogens is 3. The van der Waals surface area contributed by atoms with Gasteiger partial charge in [0.1, 0.15) is 0 Å². The fourth-order valence-corrected chi connectivity index (χ4v) is 2.30. The Bertz CT molecular complexity index is 799. The Morgan fingerprint density at radius 2 is 2.08 bits per heavy atom. The summed E-state index contributed by atoms with van der Waals surface area (Å²) in [5.41, 5.74) is 0.0202. The molecule has 6 nitrogen and oxygen atoms in total. The van der Waals surface area contributed by atoms with Crippen LogP contribution in [0, 0.1) is 0 Å². The Morgan fingerprint density at radius 3 is 2.80 bits per heavy atom. The number of aromatic nitrogens is 2. The molecule has 0 unspecified atom stereocenters. The molecule has 1 aliphatic heterocycles. The van der Waals surface area contributed by atoms with Crippen LogP contribution in [0.4, 0.5) is 13.2 Å². The van der Waals surface area contributed by atoms with Crippen LogP contribution < -0.4 is 0 Å². The predicted octanol–water partition coefficient (Wildman–Crippen LogP) is 3.17. The first-order valence-corrected chi connectivity index (χ1v) is 7.29. The molecule has 132 valence electrons. The number of nitrogens with one attached hydrogen (secondary N) is 1. The standard InChI is InChI=1S/C16H13F3N2O4/c17-16(18,19)12-4-2-1-3-10(12)5-6-11-7-13(21-20-11)15(22)25-14-8-23-9-24-14/h1-4,7-8H,5-6,9H2,(H,20,21). The van der Waals surface area contributed by atoms with Crippen molar-refractivity contribution in [1.82, 2.24) is 10.2 Å². The molecule has 9 heteroatoms. The molecule has 0 atom stereocenters. The SMILES string of the molecule is O=C(OC1=COCO1)c1cc(CCc2ccccc2C(F)(F)F)[nH]n1. The molecule has 0 saturated carbocycles. The zero-order valence-electron chi connectivity index (χ0n) is 12.8. The molecule has 2 heterocycles. The van der Waals surface area contributed by atoms with E-state index in [1.54, 1.807) is 6.07 Å². The molecule has 0 amide bonds. The smallest absolute Gasteiger partial charge is 0.416 e. The van der Waals surface area contributed by atoms with E-state index in [1.165, 1.54) is 18.2 Å². The van der Waals surface area contributed by atoms with E-state index in [-0.39, 0.29) is 36.8 Å². The lowest BCUT2D eigenvalue weighted by atomic mass is 10.0. The van der Waals surface area contributed by atoms with Crippen molar-refractivity contribution in [1.29, 1.82) is 0 Å². The van der Waals surface area contributed by atoms with Gasteiger partial charge in [-0.1, -0.05) is 18.2 Å². The molecule has 0 spiro atoms. The minimum Gasteiger partial charge on any atom is -0.458 e. The van der Waals surface area contributed by atoms with Gasteiger partial charge in [0.2, 0.25) is 6.79 Å². The molecule has 25 heavy (non-hydrogen) atoms. The molecule has 2 aromatic rings. The Labute approximate surface area is 140 Å². The van der Waals surface area contributed by atoms with Gasteiger partial charge in [-0.3, -0.25) is 5.10 Å². The number of rotatable bonds is 5. The fourth-order valence-electron chi connectivity index (χ4n) is 2.30. The highest BCUT2D eigenvalue weighted by Gasteiger charge is 2.32. The average Bonchev–Trinajstić information content (AvgIpc) is 3.24. The summed E-state index contributed by atoms with van der Waals surface area (Å²) in [5.74, 6) is -0.830. The summed E-state index contributed by atoms with van der Waals surface area (Å²) in [5, 5.41) is 6.41. The van der Waals surface area contributed by atoms with Crippen LogP contribution in [0.3, 0.4) is 0 Å². The molecule has 1 aromatic carbocycles. The molecule has 0 fully saturated rings. The fraction of sp³-hybridized carbons (Fsp3) is 0.250. The minimum atomic E-state index is -4.41. The van der Waals surface area contributed by atoms with Gasteiger partial charge in [-0.05, 0) is 30.5 Å². The van der Waals surface area contributed by atoms with Crippen LogP contribution in [0.2, 0.25) is 0 Å². The number of aryl methyl sites for hydroxylation is 2. The average molecular weight is 354 g/mol. The number of H-pyrrole nitrogens is 1. The van der Waals surface area contributed by atoms with Crippen LogP contribution >= 0.6 is 0 Å². The van der Waals surface area contributed by atoms with Gasteiger partial charge < -0.3 is 14.2 Å². The van der Waals surface area contributed by atoms with Crippen LogP contribution in [0.25, 0.3) is 0 Å². The van der Waals surface area contributed by atoms with Gasteiger partial charge in [0.15, 0.2) is 12.0 Å². The first-order chi connectivity index (χ1) is 11.9. The highest BCUT2D eigenvalue weighted by molar-refractivity contribution is 5.87. The molecule has 0 aliphatic carbocycles. The first-order valence-electron chi connectivity index (χ1n) is 7.29. The van der Waals surface area contributed by atoms with Gasteiger partial charge in [0, 0.05) is 5.69 Å². The zero-order valence-corrected chi connectivity index (χ0v) is 12.8. The van der Waals surface area contributed by atoms with Crippen molar-refractivity contribution in [2.45, 2.75) is 19.0 Å². The maximum atomic E-state index is 13.0. The van der Waals surface area contributed by atoms with Crippen LogP contribution in [0.5, 0.6) is 0 Å². The molecular weight excluding hydrogens is 341 g/mol. The molecule has 0 bridgehead atoms. The lowest BCUT2D eigenvalue weighted by Gasteiger charge is -2.11. The van der Waals surface area contributed by atoms with Crippen molar-refractivity contribution in [3.63, 3.8) is 0 Å². The van der Waals surface area contributed by atoms with Crippen molar-refractivity contribution in [3.8, 4) is 0 Å². The largest absolute Gasteiger partial charge is 0.458 e. The molecule has 1 aliphatic rings. The van der Waals surface area contributed by atoms with Gasteiger partial charge in [-0.15, -0.1) is 0 Å². The number of nitrogens with zero attached hydrogens (tertiary/aromatic N) is 1. The highest BCUT2D eigenvalue weighted by atomic mass is 19.4. The number of aromatic amines is 1. The van der Waals surface area contributed by atoms with Crippen LogP contribution in [-0.4, -0.2) is 23.0 Å². The third-order valence-corrected chi connectivity index (χ3v) is 3.47. The van der Waals surface area contributed by atoms with E-state index in [4.69, 9.17) is 14.2 Å². The minimum absolute atomic E-state index is 0.00416. The quantitative estimate of drug-likeness (QED) is 0.835. The lowest BCUT2D eigenvalue weighted by molar-refractivity contribution is -0.138. The summed E-state index contributed by atoms with van der Waals surface area (Å²) in [6, 6.07) is 6.80. The number of ether oxygens (including phenoxy) is 3.